The van der Waals surface area contributed by atoms with Crippen LogP contribution in [0.1, 0.15) is 25.7 Å². The molecule has 1 rings (SSSR count). The van der Waals surface area contributed by atoms with E-state index in [0.717, 1.165) is 19.3 Å². The van der Waals surface area contributed by atoms with Gasteiger partial charge in [-0.1, -0.05) is 6.42 Å². The van der Waals surface area contributed by atoms with Crippen LogP contribution < -0.4 is 0 Å². The average molecular weight is 282 g/mol. The zero-order valence-corrected chi connectivity index (χ0v) is 11.8. The second kappa shape index (κ2) is 6.59. The van der Waals surface area contributed by atoms with Crippen molar-refractivity contribution in [3.05, 3.63) is 0 Å². The number of sulfone groups is 1. The third-order valence-electron chi connectivity index (χ3n) is 3.09. The molecule has 1 heterocycles. The summed E-state index contributed by atoms with van der Waals surface area (Å²) in [6, 6.07) is 0. The molecule has 1 aliphatic rings. The van der Waals surface area contributed by atoms with Gasteiger partial charge in [0.1, 0.15) is 0 Å². The highest BCUT2D eigenvalue weighted by atomic mass is 35.5. The molecule has 0 bridgehead atoms. The summed E-state index contributed by atoms with van der Waals surface area (Å²) in [5.41, 5.74) is 0. The van der Waals surface area contributed by atoms with Gasteiger partial charge in [-0.15, -0.1) is 11.6 Å². The van der Waals surface area contributed by atoms with E-state index >= 15 is 0 Å². The Morgan fingerprint density at radius 3 is 2.59 bits per heavy atom. The molecule has 1 atom stereocenters. The Kier molecular flexibility index (Phi) is 5.73. The topological polar surface area (TPSA) is 54.5 Å². The predicted octanol–water partition coefficient (Wildman–Crippen LogP) is 1.29. The van der Waals surface area contributed by atoms with Gasteiger partial charge >= 0.3 is 0 Å². The van der Waals surface area contributed by atoms with Gasteiger partial charge in [0.15, 0.2) is 9.84 Å². The van der Waals surface area contributed by atoms with E-state index in [1.54, 1.807) is 11.9 Å². The number of rotatable bonds is 6. The first-order valence-electron chi connectivity index (χ1n) is 5.97. The van der Waals surface area contributed by atoms with Gasteiger partial charge in [0.25, 0.3) is 0 Å². The molecular weight excluding hydrogens is 262 g/mol. The lowest BCUT2D eigenvalue weighted by Crippen LogP contribution is -2.34. The number of hydrogen-bond donors (Lipinski definition) is 0. The molecule has 0 saturated carbocycles. The number of carbonyl (C=O) groups excluding carboxylic acids is 1. The molecule has 0 aliphatic carbocycles. The summed E-state index contributed by atoms with van der Waals surface area (Å²) in [5, 5.41) is 0. The molecule has 6 heteroatoms. The van der Waals surface area contributed by atoms with Gasteiger partial charge in [0, 0.05) is 19.5 Å². The van der Waals surface area contributed by atoms with Gasteiger partial charge in [0.05, 0.1) is 17.4 Å². The maximum Gasteiger partial charge on any atom is 0.226 e. The minimum atomic E-state index is -2.97. The van der Waals surface area contributed by atoms with Crippen LogP contribution in [-0.2, 0) is 14.6 Å². The Bertz CT molecular complexity index is 356. The largest absolute Gasteiger partial charge is 0.345 e. The van der Waals surface area contributed by atoms with Gasteiger partial charge in [0.2, 0.25) is 5.91 Å². The Labute approximate surface area is 108 Å². The van der Waals surface area contributed by atoms with E-state index in [9.17, 15) is 13.2 Å². The number of halogens is 1. The fraction of sp³-hybridized carbons (Fsp3) is 0.909. The van der Waals surface area contributed by atoms with Crippen molar-refractivity contribution in [1.29, 1.82) is 0 Å². The van der Waals surface area contributed by atoms with Gasteiger partial charge in [-0.3, -0.25) is 4.79 Å². The maximum atomic E-state index is 11.9. The van der Waals surface area contributed by atoms with Crippen LogP contribution in [0.2, 0.25) is 0 Å². The van der Waals surface area contributed by atoms with E-state index in [-0.39, 0.29) is 23.3 Å². The summed E-state index contributed by atoms with van der Waals surface area (Å²) in [5.74, 6) is 0.481. The van der Waals surface area contributed by atoms with E-state index < -0.39 is 9.84 Å². The van der Waals surface area contributed by atoms with E-state index in [1.165, 1.54) is 0 Å². The second-order valence-corrected chi connectivity index (χ2v) is 7.22. The van der Waals surface area contributed by atoms with E-state index in [4.69, 9.17) is 11.6 Å². The molecule has 4 nitrogen and oxygen atoms in total. The molecule has 0 spiro atoms. The van der Waals surface area contributed by atoms with Crippen LogP contribution in [0.4, 0.5) is 0 Å². The lowest BCUT2D eigenvalue weighted by Gasteiger charge is -2.20. The van der Waals surface area contributed by atoms with Crippen molar-refractivity contribution in [3.8, 4) is 0 Å². The Hall–Kier alpha value is -0.290. The van der Waals surface area contributed by atoms with Crippen LogP contribution in [0.25, 0.3) is 0 Å². The molecule has 0 N–H and O–H groups in total. The molecule has 0 radical (unpaired) electrons. The van der Waals surface area contributed by atoms with Gasteiger partial charge in [-0.05, 0) is 19.3 Å². The number of alkyl halides is 1. The summed E-state index contributed by atoms with van der Waals surface area (Å²) < 4.78 is 22.6. The second-order valence-electron chi connectivity index (χ2n) is 4.61. The van der Waals surface area contributed by atoms with Gasteiger partial charge in [-0.25, -0.2) is 8.42 Å². The third-order valence-corrected chi connectivity index (χ3v) is 5.12. The molecule has 17 heavy (non-hydrogen) atoms. The molecule has 1 saturated heterocycles. The van der Waals surface area contributed by atoms with Gasteiger partial charge in [-0.2, -0.15) is 0 Å². The third kappa shape index (κ3) is 4.84. The molecule has 1 fully saturated rings. The molecule has 1 amide bonds. The summed E-state index contributed by atoms with van der Waals surface area (Å²) in [7, 11) is -1.22. The van der Waals surface area contributed by atoms with Crippen LogP contribution in [0, 0.1) is 5.92 Å². The Morgan fingerprint density at radius 1 is 1.35 bits per heavy atom. The summed E-state index contributed by atoms with van der Waals surface area (Å²) in [6.45, 7) is 0.687. The number of unbranched alkanes of at least 4 members (excludes halogenated alkanes) is 2. The lowest BCUT2D eigenvalue weighted by molar-refractivity contribution is -0.133. The van der Waals surface area contributed by atoms with Crippen molar-refractivity contribution < 1.29 is 13.2 Å². The molecule has 1 unspecified atom stereocenters. The number of hydrogen-bond acceptors (Lipinski definition) is 3. The fourth-order valence-electron chi connectivity index (χ4n) is 2.03. The summed E-state index contributed by atoms with van der Waals surface area (Å²) in [6.07, 6.45) is 3.37. The molecule has 0 aromatic heterocycles. The first-order valence-corrected chi connectivity index (χ1v) is 8.33. The first kappa shape index (κ1) is 14.8. The summed E-state index contributed by atoms with van der Waals surface area (Å²) >= 11 is 5.57. The summed E-state index contributed by atoms with van der Waals surface area (Å²) in [4.78, 5) is 13.6. The standard InChI is InChI=1S/C11H20ClNO3S/c1-13(7-4-2-3-6-12)11(14)10-5-8-17(15,16)9-10/h10H,2-9H2,1H3. The normalized spacial score (nSPS) is 22.6. The molecule has 0 aromatic rings. The molecule has 0 aromatic carbocycles. The molecular formula is C11H20ClNO3S. The lowest BCUT2D eigenvalue weighted by atomic mass is 10.1. The highest BCUT2D eigenvalue weighted by Gasteiger charge is 2.34. The Morgan fingerprint density at radius 2 is 2.06 bits per heavy atom. The van der Waals surface area contributed by atoms with E-state index in [2.05, 4.69) is 0 Å². The van der Waals surface area contributed by atoms with Crippen molar-refractivity contribution in [2.45, 2.75) is 25.7 Å². The van der Waals surface area contributed by atoms with E-state index in [0.29, 0.717) is 18.8 Å². The number of amides is 1. The number of nitrogens with zero attached hydrogens (tertiary/aromatic N) is 1. The average Bonchev–Trinajstić information content (AvgIpc) is 2.64. The van der Waals surface area contributed by atoms with Crippen LogP contribution in [-0.4, -0.2) is 50.2 Å². The van der Waals surface area contributed by atoms with E-state index in [1.807, 2.05) is 0 Å². The van der Waals surface area contributed by atoms with Gasteiger partial charge < -0.3 is 4.90 Å². The minimum absolute atomic E-state index is 0.0256. The maximum absolute atomic E-state index is 11.9. The van der Waals surface area contributed by atoms with Crippen LogP contribution in [0.15, 0.2) is 0 Å². The zero-order chi connectivity index (χ0) is 12.9. The number of carbonyl (C=O) groups is 1. The van der Waals surface area contributed by atoms with Crippen molar-refractivity contribution >= 4 is 27.3 Å². The predicted molar refractivity (Wildman–Crippen MR) is 69.0 cm³/mol. The highest BCUT2D eigenvalue weighted by molar-refractivity contribution is 7.91. The SMILES string of the molecule is CN(CCCCCCl)C(=O)C1CCS(=O)(=O)C1. The first-order chi connectivity index (χ1) is 7.96. The quantitative estimate of drug-likeness (QED) is 0.544. The van der Waals surface area contributed by atoms with Crippen LogP contribution in [0.5, 0.6) is 0 Å². The van der Waals surface area contributed by atoms with Crippen LogP contribution >= 0.6 is 11.6 Å². The van der Waals surface area contributed by atoms with Crippen molar-refractivity contribution in [2.24, 2.45) is 5.92 Å². The van der Waals surface area contributed by atoms with Crippen molar-refractivity contribution in [1.82, 2.24) is 4.90 Å². The van der Waals surface area contributed by atoms with Crippen LogP contribution in [0.3, 0.4) is 0 Å². The fourth-order valence-corrected chi connectivity index (χ4v) is 3.95. The monoisotopic (exact) mass is 281 g/mol. The zero-order valence-electron chi connectivity index (χ0n) is 10.2. The smallest absolute Gasteiger partial charge is 0.226 e. The van der Waals surface area contributed by atoms with Crippen molar-refractivity contribution in [3.63, 3.8) is 0 Å². The Balaban J connectivity index is 2.32. The van der Waals surface area contributed by atoms with Crippen molar-refractivity contribution in [2.75, 3.05) is 31.0 Å². The molecule has 1 aliphatic heterocycles. The minimum Gasteiger partial charge on any atom is -0.345 e. The highest BCUT2D eigenvalue weighted by Crippen LogP contribution is 2.20. The molecule has 100 valence electrons.